The number of anilines is 3. The predicted octanol–water partition coefficient (Wildman–Crippen LogP) is 11.0. The molecular formula is C39H35N. The minimum absolute atomic E-state index is 0.542. The smallest absolute Gasteiger partial charge is 0.0540 e. The Morgan fingerprint density at radius 3 is 1.82 bits per heavy atom. The molecule has 0 N–H and O–H groups in total. The molecule has 1 unspecified atom stereocenters. The molecule has 1 heteroatoms. The van der Waals surface area contributed by atoms with Crippen molar-refractivity contribution in [3.8, 4) is 11.1 Å². The third-order valence-electron chi connectivity index (χ3n) is 7.95. The Morgan fingerprint density at radius 2 is 1.12 bits per heavy atom. The zero-order chi connectivity index (χ0) is 27.3. The first-order valence-corrected chi connectivity index (χ1v) is 14.2. The second-order valence-electron chi connectivity index (χ2n) is 10.8. The highest BCUT2D eigenvalue weighted by Gasteiger charge is 2.16. The summed E-state index contributed by atoms with van der Waals surface area (Å²) < 4.78 is 0. The van der Waals surface area contributed by atoms with E-state index in [9.17, 15) is 0 Å². The topological polar surface area (TPSA) is 3.24 Å². The summed E-state index contributed by atoms with van der Waals surface area (Å²) in [6.07, 6.45) is 2.20. The Bertz CT molecular complexity index is 1680. The second-order valence-corrected chi connectivity index (χ2v) is 10.8. The highest BCUT2D eigenvalue weighted by atomic mass is 15.1. The number of rotatable bonds is 8. The molecule has 0 aliphatic carbocycles. The molecule has 6 aromatic rings. The van der Waals surface area contributed by atoms with Gasteiger partial charge in [-0.05, 0) is 83.7 Å². The summed E-state index contributed by atoms with van der Waals surface area (Å²) in [4.78, 5) is 2.39. The molecule has 6 rings (SSSR count). The zero-order valence-corrected chi connectivity index (χ0v) is 23.3. The molecule has 1 atom stereocenters. The summed E-state index contributed by atoms with van der Waals surface area (Å²) >= 11 is 0. The summed E-state index contributed by atoms with van der Waals surface area (Å²) in [7, 11) is 0. The van der Waals surface area contributed by atoms with Crippen molar-refractivity contribution in [2.75, 3.05) is 4.90 Å². The van der Waals surface area contributed by atoms with Crippen molar-refractivity contribution in [2.24, 2.45) is 0 Å². The van der Waals surface area contributed by atoms with Crippen LogP contribution in [-0.4, -0.2) is 0 Å². The Balaban J connectivity index is 1.32. The largest absolute Gasteiger partial charge is 0.310 e. The van der Waals surface area contributed by atoms with Gasteiger partial charge in [0.15, 0.2) is 0 Å². The van der Waals surface area contributed by atoms with Gasteiger partial charge in [-0.2, -0.15) is 0 Å². The van der Waals surface area contributed by atoms with E-state index in [1.807, 2.05) is 0 Å². The van der Waals surface area contributed by atoms with Gasteiger partial charge in [-0.25, -0.2) is 0 Å². The lowest BCUT2D eigenvalue weighted by Gasteiger charge is -2.27. The summed E-state index contributed by atoms with van der Waals surface area (Å²) in [5.74, 6) is 0.542. The van der Waals surface area contributed by atoms with Gasteiger partial charge in [0.2, 0.25) is 0 Å². The first-order valence-electron chi connectivity index (χ1n) is 14.2. The lowest BCUT2D eigenvalue weighted by Crippen LogP contribution is -2.10. The molecule has 0 radical (unpaired) electrons. The van der Waals surface area contributed by atoms with Gasteiger partial charge in [-0.1, -0.05) is 128 Å². The summed E-state index contributed by atoms with van der Waals surface area (Å²) in [6, 6.07) is 52.9. The molecule has 0 fully saturated rings. The first-order chi connectivity index (χ1) is 19.7. The van der Waals surface area contributed by atoms with E-state index >= 15 is 0 Å². The molecule has 0 aliphatic heterocycles. The normalized spacial score (nSPS) is 11.8. The molecule has 40 heavy (non-hydrogen) atoms. The van der Waals surface area contributed by atoms with E-state index in [0.29, 0.717) is 5.92 Å². The summed E-state index contributed by atoms with van der Waals surface area (Å²) in [6.45, 7) is 4.45. The van der Waals surface area contributed by atoms with Crippen LogP contribution in [-0.2, 0) is 6.42 Å². The molecule has 0 saturated carbocycles. The lowest BCUT2D eigenvalue weighted by molar-refractivity contribution is 0.679. The fourth-order valence-electron chi connectivity index (χ4n) is 5.52. The Morgan fingerprint density at radius 1 is 0.550 bits per heavy atom. The van der Waals surface area contributed by atoms with Crippen LogP contribution in [0.5, 0.6) is 0 Å². The quantitative estimate of drug-likeness (QED) is 0.194. The molecule has 0 heterocycles. The molecule has 0 amide bonds. The molecule has 0 bridgehead atoms. The minimum atomic E-state index is 0.542. The van der Waals surface area contributed by atoms with Crippen molar-refractivity contribution in [1.29, 1.82) is 0 Å². The van der Waals surface area contributed by atoms with Crippen LogP contribution in [0.25, 0.3) is 21.9 Å². The highest BCUT2D eigenvalue weighted by molar-refractivity contribution is 5.98. The van der Waals surface area contributed by atoms with Gasteiger partial charge < -0.3 is 4.90 Å². The van der Waals surface area contributed by atoms with Crippen molar-refractivity contribution in [3.63, 3.8) is 0 Å². The summed E-state index contributed by atoms with van der Waals surface area (Å²) in [5.41, 5.74) is 10.0. The number of aryl methyl sites for hydroxylation is 2. The average Bonchev–Trinajstić information content (AvgIpc) is 3.02. The average molecular weight is 518 g/mol. The van der Waals surface area contributed by atoms with Crippen molar-refractivity contribution in [2.45, 2.75) is 32.6 Å². The van der Waals surface area contributed by atoms with Crippen molar-refractivity contribution in [1.82, 2.24) is 0 Å². The van der Waals surface area contributed by atoms with E-state index in [2.05, 4.69) is 164 Å². The fraction of sp³-hybridized carbons (Fsp3) is 0.128. The minimum Gasteiger partial charge on any atom is -0.310 e. The van der Waals surface area contributed by atoms with E-state index in [1.165, 1.54) is 50.0 Å². The van der Waals surface area contributed by atoms with E-state index in [0.717, 1.165) is 18.5 Å². The third-order valence-corrected chi connectivity index (χ3v) is 7.95. The Labute approximate surface area is 238 Å². The number of benzene rings is 6. The maximum Gasteiger partial charge on any atom is 0.0540 e. The van der Waals surface area contributed by atoms with Crippen LogP contribution in [0.1, 0.15) is 36.0 Å². The molecule has 0 spiro atoms. The van der Waals surface area contributed by atoms with E-state index in [4.69, 9.17) is 0 Å². The van der Waals surface area contributed by atoms with Gasteiger partial charge in [0, 0.05) is 16.8 Å². The maximum absolute atomic E-state index is 2.39. The van der Waals surface area contributed by atoms with E-state index in [-0.39, 0.29) is 0 Å². The SMILES string of the molecule is Cc1ccc(-c2ccc(N(c3ccc(CCC(C)c4ccccc4)cc3)c3cccc4ccccc34)cc2)cc1. The summed E-state index contributed by atoms with van der Waals surface area (Å²) in [5, 5.41) is 2.49. The van der Waals surface area contributed by atoms with Gasteiger partial charge >= 0.3 is 0 Å². The van der Waals surface area contributed by atoms with Crippen molar-refractivity contribution < 1.29 is 0 Å². The van der Waals surface area contributed by atoms with Crippen LogP contribution in [0.3, 0.4) is 0 Å². The second kappa shape index (κ2) is 11.6. The number of hydrogen-bond acceptors (Lipinski definition) is 1. The van der Waals surface area contributed by atoms with Crippen LogP contribution >= 0.6 is 0 Å². The number of hydrogen-bond donors (Lipinski definition) is 0. The van der Waals surface area contributed by atoms with Crippen LogP contribution in [0, 0.1) is 6.92 Å². The van der Waals surface area contributed by atoms with Crippen LogP contribution in [0.2, 0.25) is 0 Å². The van der Waals surface area contributed by atoms with Crippen LogP contribution < -0.4 is 4.90 Å². The Hall–Kier alpha value is -4.62. The van der Waals surface area contributed by atoms with Crippen molar-refractivity contribution >= 4 is 27.8 Å². The number of nitrogens with zero attached hydrogens (tertiary/aromatic N) is 1. The standard InChI is InChI=1S/C39H35N/c1-29-15-21-33(22-16-29)34-23-27-37(28-24-34)40(39-14-8-12-35-11-6-7-13-38(35)39)36-25-19-31(20-26-36)18-17-30(2)32-9-4-3-5-10-32/h3-16,19-28,30H,17-18H2,1-2H3. The van der Waals surface area contributed by atoms with Gasteiger partial charge in [-0.15, -0.1) is 0 Å². The molecule has 6 aromatic carbocycles. The first kappa shape index (κ1) is 25.6. The maximum atomic E-state index is 2.39. The van der Waals surface area contributed by atoms with Crippen molar-refractivity contribution in [3.05, 3.63) is 162 Å². The van der Waals surface area contributed by atoms with Gasteiger partial charge in [0.05, 0.1) is 5.69 Å². The van der Waals surface area contributed by atoms with Crippen LogP contribution in [0.4, 0.5) is 17.1 Å². The number of fused-ring (bicyclic) bond motifs is 1. The highest BCUT2D eigenvalue weighted by Crippen LogP contribution is 2.39. The van der Waals surface area contributed by atoms with E-state index < -0.39 is 0 Å². The molecule has 196 valence electrons. The molecule has 0 aliphatic rings. The molecular weight excluding hydrogens is 482 g/mol. The lowest BCUT2D eigenvalue weighted by atomic mass is 9.94. The monoisotopic (exact) mass is 517 g/mol. The zero-order valence-electron chi connectivity index (χ0n) is 23.3. The molecule has 1 nitrogen and oxygen atoms in total. The van der Waals surface area contributed by atoms with Gasteiger partial charge in [0.25, 0.3) is 0 Å². The Kier molecular flexibility index (Phi) is 7.46. The van der Waals surface area contributed by atoms with Gasteiger partial charge in [-0.3, -0.25) is 0 Å². The molecule has 0 saturated heterocycles. The third kappa shape index (κ3) is 5.55. The molecule has 0 aromatic heterocycles. The van der Waals surface area contributed by atoms with Gasteiger partial charge in [0.1, 0.15) is 0 Å². The van der Waals surface area contributed by atoms with Crippen LogP contribution in [0.15, 0.2) is 146 Å². The fourth-order valence-corrected chi connectivity index (χ4v) is 5.52. The van der Waals surface area contributed by atoms with E-state index in [1.54, 1.807) is 0 Å². The predicted molar refractivity (Wildman–Crippen MR) is 172 cm³/mol.